The SMILES string of the molecule is [B]c1ccc2c(CC(=O)OCC)cn(Cc3csc4c(N(C=O)CC)cc(Cl)cc34)c2c1. The van der Waals surface area contributed by atoms with Crippen LogP contribution in [0.4, 0.5) is 5.69 Å². The van der Waals surface area contributed by atoms with Crippen LogP contribution in [0.1, 0.15) is 25.0 Å². The summed E-state index contributed by atoms with van der Waals surface area (Å²) in [6, 6.07) is 9.46. The van der Waals surface area contributed by atoms with Gasteiger partial charge in [0.25, 0.3) is 0 Å². The Hall–Kier alpha value is -2.77. The molecule has 32 heavy (non-hydrogen) atoms. The number of rotatable bonds is 8. The van der Waals surface area contributed by atoms with Gasteiger partial charge in [-0.2, -0.15) is 0 Å². The van der Waals surface area contributed by atoms with Crippen LogP contribution in [0.15, 0.2) is 41.9 Å². The summed E-state index contributed by atoms with van der Waals surface area (Å²) in [6.07, 6.45) is 3.01. The fourth-order valence-corrected chi connectivity index (χ4v) is 5.27. The second-order valence-corrected chi connectivity index (χ2v) is 8.81. The van der Waals surface area contributed by atoms with Crippen molar-refractivity contribution in [1.29, 1.82) is 0 Å². The summed E-state index contributed by atoms with van der Waals surface area (Å²) in [5, 5.41) is 4.66. The Morgan fingerprint density at radius 2 is 2.03 bits per heavy atom. The van der Waals surface area contributed by atoms with Crippen molar-refractivity contribution in [1.82, 2.24) is 4.57 Å². The summed E-state index contributed by atoms with van der Waals surface area (Å²) >= 11 is 8.00. The molecule has 1 amide bonds. The zero-order valence-electron chi connectivity index (χ0n) is 17.9. The molecule has 0 saturated heterocycles. The van der Waals surface area contributed by atoms with E-state index >= 15 is 0 Å². The summed E-state index contributed by atoms with van der Waals surface area (Å²) in [7, 11) is 6.06. The topological polar surface area (TPSA) is 51.5 Å². The molecule has 0 atom stereocenters. The maximum atomic E-state index is 12.1. The van der Waals surface area contributed by atoms with Gasteiger partial charge >= 0.3 is 5.97 Å². The van der Waals surface area contributed by atoms with E-state index in [2.05, 4.69) is 9.95 Å². The van der Waals surface area contributed by atoms with E-state index in [1.807, 2.05) is 43.5 Å². The number of hydrogen-bond acceptors (Lipinski definition) is 4. The first-order valence-corrected chi connectivity index (χ1v) is 11.6. The van der Waals surface area contributed by atoms with Crippen molar-refractivity contribution >= 4 is 75.3 Å². The normalized spacial score (nSPS) is 11.2. The smallest absolute Gasteiger partial charge is 0.310 e. The van der Waals surface area contributed by atoms with Crippen molar-refractivity contribution < 1.29 is 14.3 Å². The van der Waals surface area contributed by atoms with E-state index in [9.17, 15) is 9.59 Å². The molecule has 2 heterocycles. The molecular weight excluding hydrogens is 443 g/mol. The summed E-state index contributed by atoms with van der Waals surface area (Å²) in [5.74, 6) is -0.255. The predicted molar refractivity (Wildman–Crippen MR) is 133 cm³/mol. The second-order valence-electron chi connectivity index (χ2n) is 7.49. The molecule has 0 aliphatic heterocycles. The second kappa shape index (κ2) is 9.39. The van der Waals surface area contributed by atoms with Gasteiger partial charge in [0.1, 0.15) is 7.85 Å². The van der Waals surface area contributed by atoms with Crippen LogP contribution in [0.25, 0.3) is 21.0 Å². The van der Waals surface area contributed by atoms with E-state index in [1.165, 1.54) is 0 Å². The molecule has 4 rings (SSSR count). The number of fused-ring (bicyclic) bond motifs is 2. The van der Waals surface area contributed by atoms with Gasteiger partial charge in [0.15, 0.2) is 0 Å². The lowest BCUT2D eigenvalue weighted by Gasteiger charge is -2.16. The lowest BCUT2D eigenvalue weighted by atomic mass is 9.94. The third kappa shape index (κ3) is 4.27. The number of esters is 1. The van der Waals surface area contributed by atoms with Crippen LogP contribution >= 0.6 is 22.9 Å². The van der Waals surface area contributed by atoms with Gasteiger partial charge in [-0.15, -0.1) is 11.3 Å². The average molecular weight is 465 g/mol. The fraction of sp³-hybridized carbons (Fsp3) is 0.250. The van der Waals surface area contributed by atoms with Gasteiger partial charge in [-0.05, 0) is 48.6 Å². The number of ether oxygens (including phenoxy) is 1. The van der Waals surface area contributed by atoms with Gasteiger partial charge in [-0.25, -0.2) is 0 Å². The first-order chi connectivity index (χ1) is 15.4. The maximum Gasteiger partial charge on any atom is 0.310 e. The predicted octanol–water partition coefficient (Wildman–Crippen LogP) is 4.44. The van der Waals surface area contributed by atoms with Gasteiger partial charge in [-0.1, -0.05) is 29.2 Å². The van der Waals surface area contributed by atoms with Crippen LogP contribution in [0.2, 0.25) is 5.02 Å². The quantitative estimate of drug-likeness (QED) is 0.220. The van der Waals surface area contributed by atoms with Crippen LogP contribution < -0.4 is 10.4 Å². The molecule has 0 fully saturated rings. The minimum atomic E-state index is -0.255. The van der Waals surface area contributed by atoms with Gasteiger partial charge in [-0.3, -0.25) is 9.59 Å². The highest BCUT2D eigenvalue weighted by Crippen LogP contribution is 2.38. The maximum absolute atomic E-state index is 12.1. The largest absolute Gasteiger partial charge is 0.466 e. The Morgan fingerprint density at radius 1 is 1.22 bits per heavy atom. The number of anilines is 1. The van der Waals surface area contributed by atoms with E-state index in [4.69, 9.17) is 24.2 Å². The summed E-state index contributed by atoms with van der Waals surface area (Å²) in [6.45, 7) is 5.22. The third-order valence-electron chi connectivity index (χ3n) is 5.45. The van der Waals surface area contributed by atoms with Crippen LogP contribution in [-0.2, 0) is 27.3 Å². The lowest BCUT2D eigenvalue weighted by molar-refractivity contribution is -0.142. The first kappa shape index (κ1) is 22.4. The van der Waals surface area contributed by atoms with Crippen molar-refractivity contribution in [3.8, 4) is 0 Å². The number of halogens is 1. The summed E-state index contributed by atoms with van der Waals surface area (Å²) in [4.78, 5) is 25.3. The Labute approximate surface area is 196 Å². The monoisotopic (exact) mass is 464 g/mol. The van der Waals surface area contributed by atoms with E-state index in [-0.39, 0.29) is 12.4 Å². The molecule has 0 aliphatic rings. The third-order valence-corrected chi connectivity index (χ3v) is 6.73. The van der Waals surface area contributed by atoms with Crippen molar-refractivity contribution in [2.24, 2.45) is 0 Å². The molecule has 162 valence electrons. The average Bonchev–Trinajstić information content (AvgIpc) is 3.30. The summed E-state index contributed by atoms with van der Waals surface area (Å²) in [5.41, 5.74) is 4.40. The number of carbonyl (C=O) groups excluding carboxylic acids is 2. The number of benzene rings is 2. The van der Waals surface area contributed by atoms with Crippen LogP contribution in [-0.4, -0.2) is 37.9 Å². The molecular formula is C24H22BClN2O3S. The molecule has 2 aromatic heterocycles. The molecule has 0 N–H and O–H groups in total. The molecule has 0 saturated carbocycles. The van der Waals surface area contributed by atoms with Crippen molar-refractivity contribution in [2.75, 3.05) is 18.1 Å². The molecule has 0 spiro atoms. The molecule has 0 unspecified atom stereocenters. The zero-order chi connectivity index (χ0) is 22.8. The van der Waals surface area contributed by atoms with E-state index in [0.717, 1.165) is 44.2 Å². The van der Waals surface area contributed by atoms with E-state index < -0.39 is 0 Å². The highest BCUT2D eigenvalue weighted by molar-refractivity contribution is 7.18. The Balaban J connectivity index is 1.79. The van der Waals surface area contributed by atoms with Crippen LogP contribution in [0.3, 0.4) is 0 Å². The zero-order valence-corrected chi connectivity index (χ0v) is 19.5. The highest BCUT2D eigenvalue weighted by atomic mass is 35.5. The molecule has 0 bridgehead atoms. The minimum absolute atomic E-state index is 0.201. The minimum Gasteiger partial charge on any atom is -0.466 e. The first-order valence-electron chi connectivity index (χ1n) is 10.4. The summed E-state index contributed by atoms with van der Waals surface area (Å²) < 4.78 is 8.25. The van der Waals surface area contributed by atoms with Gasteiger partial charge < -0.3 is 14.2 Å². The van der Waals surface area contributed by atoms with Gasteiger partial charge in [0.2, 0.25) is 6.41 Å². The Bertz CT molecular complexity index is 1310. The van der Waals surface area contributed by atoms with Gasteiger partial charge in [0.05, 0.1) is 23.4 Å². The Kier molecular flexibility index (Phi) is 6.58. The number of amides is 1. The number of hydrogen-bond donors (Lipinski definition) is 0. The highest BCUT2D eigenvalue weighted by Gasteiger charge is 2.17. The van der Waals surface area contributed by atoms with E-state index in [0.29, 0.717) is 30.2 Å². The number of thiophene rings is 1. The lowest BCUT2D eigenvalue weighted by Crippen LogP contribution is -2.20. The standard InChI is InChI=1S/C24H22BClN2O3S/c1-3-27(14-29)22-10-18(26)9-20-16(13-32-24(20)22)12-28-11-15(7-23(30)31-4-2)19-6-5-17(25)8-21(19)28/h5-6,8-11,13-14H,3-4,7,12H2,1-2H3. The van der Waals surface area contributed by atoms with Crippen molar-refractivity contribution in [2.45, 2.75) is 26.8 Å². The number of carbonyl (C=O) groups is 2. The molecule has 2 radical (unpaired) electrons. The van der Waals surface area contributed by atoms with E-state index in [1.54, 1.807) is 23.2 Å². The molecule has 2 aromatic carbocycles. The van der Waals surface area contributed by atoms with Crippen LogP contribution in [0, 0.1) is 0 Å². The molecule has 5 nitrogen and oxygen atoms in total. The van der Waals surface area contributed by atoms with Crippen LogP contribution in [0.5, 0.6) is 0 Å². The molecule has 0 aliphatic carbocycles. The fourth-order valence-electron chi connectivity index (χ4n) is 3.98. The Morgan fingerprint density at radius 3 is 2.75 bits per heavy atom. The molecule has 8 heteroatoms. The molecule has 4 aromatic rings. The number of nitrogens with zero attached hydrogens (tertiary/aromatic N) is 2. The van der Waals surface area contributed by atoms with Crippen molar-refractivity contribution in [3.05, 3.63) is 58.1 Å². The van der Waals surface area contributed by atoms with Gasteiger partial charge in [0, 0.05) is 40.6 Å². The van der Waals surface area contributed by atoms with Crippen molar-refractivity contribution in [3.63, 3.8) is 0 Å². The number of aromatic nitrogens is 1.